The molecule has 0 fully saturated rings. The molecule has 15 heavy (non-hydrogen) atoms. The van der Waals surface area contributed by atoms with Gasteiger partial charge in [-0.2, -0.15) is 0 Å². The predicted octanol–water partition coefficient (Wildman–Crippen LogP) is -0.245. The summed E-state index contributed by atoms with van der Waals surface area (Å²) in [6.07, 6.45) is 5.22. The Morgan fingerprint density at radius 2 is 1.60 bits per heavy atom. The van der Waals surface area contributed by atoms with E-state index >= 15 is 0 Å². The maximum absolute atomic E-state index is 10.3. The minimum absolute atomic E-state index is 0.241. The second kappa shape index (κ2) is 11.3. The molecule has 0 saturated carbocycles. The first-order chi connectivity index (χ1) is 7.27. The van der Waals surface area contributed by atoms with Gasteiger partial charge in [0.05, 0.1) is 38.7 Å². The molecular formula is C10H15BO4. The molecule has 4 nitrogen and oxygen atoms in total. The van der Waals surface area contributed by atoms with Crippen LogP contribution in [-0.4, -0.2) is 53.2 Å². The first-order valence-electron chi connectivity index (χ1n) is 4.72. The zero-order valence-corrected chi connectivity index (χ0v) is 8.74. The van der Waals surface area contributed by atoms with Crippen LogP contribution in [-0.2, 0) is 19.0 Å². The molecule has 0 aliphatic heterocycles. The second-order valence-electron chi connectivity index (χ2n) is 2.70. The van der Waals surface area contributed by atoms with Gasteiger partial charge in [0, 0.05) is 6.42 Å². The summed E-state index contributed by atoms with van der Waals surface area (Å²) >= 11 is 0. The Balaban J connectivity index is 2.93. The molecule has 82 valence electrons. The molecule has 0 aromatic carbocycles. The van der Waals surface area contributed by atoms with E-state index in [0.717, 1.165) is 0 Å². The van der Waals surface area contributed by atoms with Crippen molar-refractivity contribution in [3.8, 4) is 12.3 Å². The van der Waals surface area contributed by atoms with Crippen molar-refractivity contribution in [2.45, 2.75) is 6.42 Å². The molecule has 0 heterocycles. The van der Waals surface area contributed by atoms with Gasteiger partial charge in [0.1, 0.15) is 6.61 Å². The summed E-state index contributed by atoms with van der Waals surface area (Å²) in [4.78, 5) is 10.3. The maximum Gasteiger partial charge on any atom is 0.167 e. The molecule has 0 amide bonds. The van der Waals surface area contributed by atoms with Gasteiger partial charge in [-0.3, -0.25) is 0 Å². The highest BCUT2D eigenvalue weighted by molar-refractivity contribution is 6.57. The first kappa shape index (κ1) is 14.2. The van der Waals surface area contributed by atoms with Gasteiger partial charge < -0.3 is 19.0 Å². The molecule has 0 N–H and O–H groups in total. The molecule has 0 aromatic rings. The Morgan fingerprint density at radius 3 is 2.13 bits per heavy atom. The number of carbonyl (C=O) groups excluding carboxylic acids is 1. The highest BCUT2D eigenvalue weighted by atomic mass is 16.5. The average Bonchev–Trinajstić information content (AvgIpc) is 2.20. The largest absolute Gasteiger partial charge is 0.379 e. The summed E-state index contributed by atoms with van der Waals surface area (Å²) in [6.45, 7) is 2.53. The van der Waals surface area contributed by atoms with Crippen molar-refractivity contribution in [3.63, 3.8) is 0 Å². The number of rotatable bonds is 10. The van der Waals surface area contributed by atoms with E-state index in [4.69, 9.17) is 28.5 Å². The lowest BCUT2D eigenvalue weighted by Gasteiger charge is -2.04. The third-order valence-electron chi connectivity index (χ3n) is 1.42. The molecule has 0 aromatic heterocycles. The molecule has 0 atom stereocenters. The number of hydrogen-bond acceptors (Lipinski definition) is 4. The van der Waals surface area contributed by atoms with Crippen LogP contribution >= 0.6 is 0 Å². The van der Waals surface area contributed by atoms with Crippen LogP contribution in [0.4, 0.5) is 0 Å². The van der Waals surface area contributed by atoms with Crippen LogP contribution in [0.15, 0.2) is 0 Å². The highest BCUT2D eigenvalue weighted by Crippen LogP contribution is 1.84. The van der Waals surface area contributed by atoms with Crippen molar-refractivity contribution in [2.75, 3.05) is 39.6 Å². The Hall–Kier alpha value is -0.825. The van der Waals surface area contributed by atoms with Gasteiger partial charge >= 0.3 is 0 Å². The van der Waals surface area contributed by atoms with Gasteiger partial charge in [-0.1, -0.05) is 5.92 Å². The van der Waals surface area contributed by atoms with E-state index in [2.05, 4.69) is 5.92 Å². The number of hydrogen-bond donors (Lipinski definition) is 0. The molecule has 0 spiro atoms. The van der Waals surface area contributed by atoms with Crippen molar-refractivity contribution in [3.05, 3.63) is 0 Å². The fraction of sp³-hybridized carbons (Fsp3) is 0.700. The number of terminal acetylenes is 1. The fourth-order valence-electron chi connectivity index (χ4n) is 0.744. The van der Waals surface area contributed by atoms with Gasteiger partial charge in [0.25, 0.3) is 0 Å². The van der Waals surface area contributed by atoms with Crippen LogP contribution < -0.4 is 0 Å². The van der Waals surface area contributed by atoms with Crippen molar-refractivity contribution < 1.29 is 19.0 Å². The summed E-state index contributed by atoms with van der Waals surface area (Å²) in [6, 6.07) is 0. The monoisotopic (exact) mass is 210 g/mol. The van der Waals surface area contributed by atoms with Crippen LogP contribution in [0.25, 0.3) is 0 Å². The van der Waals surface area contributed by atoms with E-state index in [1.807, 2.05) is 0 Å². The lowest BCUT2D eigenvalue weighted by molar-refractivity contribution is -0.112. The quantitative estimate of drug-likeness (QED) is 0.283. The second-order valence-corrected chi connectivity index (χ2v) is 2.70. The van der Waals surface area contributed by atoms with Crippen LogP contribution in [0.5, 0.6) is 0 Å². The van der Waals surface area contributed by atoms with Gasteiger partial charge in [-0.05, 0) is 0 Å². The van der Waals surface area contributed by atoms with Gasteiger partial charge in [0.15, 0.2) is 7.85 Å². The SMILES string of the molecule is [B]C(=O)CCOCCOCCOCC#C. The first-order valence-corrected chi connectivity index (χ1v) is 4.72. The van der Waals surface area contributed by atoms with Crippen molar-refractivity contribution in [1.29, 1.82) is 0 Å². The van der Waals surface area contributed by atoms with Gasteiger partial charge in [-0.15, -0.1) is 6.42 Å². The molecule has 0 aliphatic rings. The van der Waals surface area contributed by atoms with E-state index < -0.39 is 0 Å². The minimum Gasteiger partial charge on any atom is -0.379 e. The zero-order valence-electron chi connectivity index (χ0n) is 8.74. The average molecular weight is 210 g/mol. The van der Waals surface area contributed by atoms with Gasteiger partial charge in [-0.25, -0.2) is 0 Å². The molecule has 0 bridgehead atoms. The zero-order chi connectivity index (χ0) is 11.4. The normalized spacial score (nSPS) is 9.80. The molecule has 5 heteroatoms. The molecule has 0 rings (SSSR count). The van der Waals surface area contributed by atoms with E-state index in [9.17, 15) is 4.79 Å². The molecule has 2 radical (unpaired) electrons. The van der Waals surface area contributed by atoms with E-state index in [-0.39, 0.29) is 12.1 Å². The summed E-state index contributed by atoms with van der Waals surface area (Å²) in [5.74, 6) is 2.35. The molecular weight excluding hydrogens is 195 g/mol. The fourth-order valence-corrected chi connectivity index (χ4v) is 0.744. The topological polar surface area (TPSA) is 44.8 Å². The van der Waals surface area contributed by atoms with Crippen LogP contribution in [0, 0.1) is 12.3 Å². The lowest BCUT2D eigenvalue weighted by Crippen LogP contribution is -2.11. The minimum atomic E-state index is -0.362. The maximum atomic E-state index is 10.3. The van der Waals surface area contributed by atoms with Crippen LogP contribution in [0.1, 0.15) is 6.42 Å². The molecule has 0 unspecified atom stereocenters. The lowest BCUT2D eigenvalue weighted by atomic mass is 10.0. The third-order valence-corrected chi connectivity index (χ3v) is 1.42. The van der Waals surface area contributed by atoms with Crippen molar-refractivity contribution >= 4 is 13.5 Å². The number of carbonyl (C=O) groups is 1. The number of ether oxygens (including phenoxy) is 3. The Labute approximate surface area is 91.7 Å². The predicted molar refractivity (Wildman–Crippen MR) is 56.7 cm³/mol. The summed E-state index contributed by atoms with van der Waals surface area (Å²) < 4.78 is 15.2. The standard InChI is InChI=1S/C10H15BO4/c1-2-4-13-6-8-15-9-7-14-5-3-10(11)12/h1H,3-9H2. The Morgan fingerprint density at radius 1 is 1.07 bits per heavy atom. The summed E-state index contributed by atoms with van der Waals surface area (Å²) in [5, 5.41) is 0. The van der Waals surface area contributed by atoms with E-state index in [1.54, 1.807) is 0 Å². The highest BCUT2D eigenvalue weighted by Gasteiger charge is 1.93. The van der Waals surface area contributed by atoms with E-state index in [1.165, 1.54) is 0 Å². The van der Waals surface area contributed by atoms with E-state index in [0.29, 0.717) is 39.6 Å². The van der Waals surface area contributed by atoms with Crippen LogP contribution in [0.3, 0.4) is 0 Å². The Bertz CT molecular complexity index is 200. The molecule has 0 saturated heterocycles. The summed E-state index contributed by atoms with van der Waals surface area (Å²) in [7, 11) is 4.92. The summed E-state index contributed by atoms with van der Waals surface area (Å²) in [5.41, 5.74) is -0.362. The Kier molecular flexibility index (Phi) is 10.6. The van der Waals surface area contributed by atoms with Crippen LogP contribution in [0.2, 0.25) is 0 Å². The molecule has 0 aliphatic carbocycles. The van der Waals surface area contributed by atoms with Gasteiger partial charge in [0.2, 0.25) is 0 Å². The van der Waals surface area contributed by atoms with Crippen molar-refractivity contribution in [1.82, 2.24) is 0 Å². The smallest absolute Gasteiger partial charge is 0.167 e. The van der Waals surface area contributed by atoms with Crippen molar-refractivity contribution in [2.24, 2.45) is 0 Å². The third kappa shape index (κ3) is 13.2.